The van der Waals surface area contributed by atoms with Gasteiger partial charge in [-0.25, -0.2) is 0 Å². The zero-order chi connectivity index (χ0) is 39.6. The van der Waals surface area contributed by atoms with Gasteiger partial charge in [0, 0.05) is 0 Å². The molecule has 0 heteroatoms. The van der Waals surface area contributed by atoms with Crippen LogP contribution in [-0.2, 0) is 0 Å². The van der Waals surface area contributed by atoms with Gasteiger partial charge in [0.15, 0.2) is 0 Å². The highest BCUT2D eigenvalue weighted by Crippen LogP contribution is 2.49. The SMILES string of the molecule is c1ccc2c(c1)-c1ccccc1-c1ccc(-c3ccc(-c4c5ccccc5c(-c5ccc(-c6cccc7ccccc67)cc5)c5ccccc45)cc3)cc1-c1ccccc1-2. The van der Waals surface area contributed by atoms with E-state index < -0.39 is 0 Å². The van der Waals surface area contributed by atoms with Gasteiger partial charge in [0.05, 0.1) is 0 Å². The monoisotopic (exact) mass is 758 g/mol. The van der Waals surface area contributed by atoms with Crippen molar-refractivity contribution in [2.75, 3.05) is 0 Å². The van der Waals surface area contributed by atoms with Crippen molar-refractivity contribution in [1.82, 2.24) is 0 Å². The van der Waals surface area contributed by atoms with Crippen LogP contribution in [0.2, 0.25) is 0 Å². The molecule has 0 bridgehead atoms. The van der Waals surface area contributed by atoms with Gasteiger partial charge in [-0.15, -0.1) is 0 Å². The van der Waals surface area contributed by atoms with E-state index in [1.54, 1.807) is 0 Å². The highest BCUT2D eigenvalue weighted by molar-refractivity contribution is 6.21. The highest BCUT2D eigenvalue weighted by atomic mass is 14.3. The summed E-state index contributed by atoms with van der Waals surface area (Å²) in [4.78, 5) is 0. The molecule has 1 aliphatic carbocycles. The third kappa shape index (κ3) is 5.46. The number of hydrogen-bond donors (Lipinski definition) is 0. The van der Waals surface area contributed by atoms with Crippen LogP contribution in [0.1, 0.15) is 0 Å². The maximum absolute atomic E-state index is 2.40. The lowest BCUT2D eigenvalue weighted by Gasteiger charge is -2.23. The van der Waals surface area contributed by atoms with Crippen molar-refractivity contribution in [2.45, 2.75) is 0 Å². The summed E-state index contributed by atoms with van der Waals surface area (Å²) in [6, 6.07) is 85.1. The molecule has 0 aliphatic heterocycles. The van der Waals surface area contributed by atoms with E-state index in [9.17, 15) is 0 Å². The second-order valence-electron chi connectivity index (χ2n) is 15.9. The maximum Gasteiger partial charge on any atom is -0.00264 e. The van der Waals surface area contributed by atoms with Crippen molar-refractivity contribution < 1.29 is 0 Å². The van der Waals surface area contributed by atoms with Gasteiger partial charge in [0.2, 0.25) is 0 Å². The first kappa shape index (κ1) is 34.3. The summed E-state index contributed by atoms with van der Waals surface area (Å²) >= 11 is 0. The minimum atomic E-state index is 1.20. The van der Waals surface area contributed by atoms with Gasteiger partial charge in [-0.1, -0.05) is 224 Å². The molecule has 0 saturated heterocycles. The van der Waals surface area contributed by atoms with Crippen molar-refractivity contribution in [3.8, 4) is 89.0 Å². The first-order valence-corrected chi connectivity index (χ1v) is 20.8. The molecule has 0 aromatic heterocycles. The predicted octanol–water partition coefficient (Wildman–Crippen LogP) is 16.8. The maximum atomic E-state index is 2.40. The van der Waals surface area contributed by atoms with E-state index >= 15 is 0 Å². The van der Waals surface area contributed by atoms with Gasteiger partial charge < -0.3 is 0 Å². The van der Waals surface area contributed by atoms with Crippen LogP contribution < -0.4 is 0 Å². The zero-order valence-corrected chi connectivity index (χ0v) is 32.9. The van der Waals surface area contributed by atoms with E-state index in [0.29, 0.717) is 0 Å². The molecule has 0 unspecified atom stereocenters. The Morgan fingerprint density at radius 1 is 0.167 bits per heavy atom. The largest absolute Gasteiger partial charge is 0.0616 e. The highest BCUT2D eigenvalue weighted by Gasteiger charge is 2.22. The first-order valence-electron chi connectivity index (χ1n) is 20.8. The fourth-order valence-corrected chi connectivity index (χ4v) is 9.91. The fourth-order valence-electron chi connectivity index (χ4n) is 9.91. The van der Waals surface area contributed by atoms with Gasteiger partial charge in [-0.3, -0.25) is 0 Å². The topological polar surface area (TPSA) is 0 Å². The Hall–Kier alpha value is -7.80. The van der Waals surface area contributed by atoms with E-state index in [0.717, 1.165) is 0 Å². The molecule has 0 N–H and O–H groups in total. The van der Waals surface area contributed by atoms with Crippen LogP contribution in [0.3, 0.4) is 0 Å². The molecule has 0 fully saturated rings. The molecule has 11 aromatic rings. The standard InChI is InChI=1S/C60H38/c1-2-16-45-40(14-1)15-13-27-46(45)41-30-34-43(35-31-41)60-56-25-11-9-23-54(56)59(55-24-10-12-26-57(55)60)42-32-28-39(29-33-42)44-36-37-53-51-21-6-5-19-49(51)47-17-3-4-18-48(47)50-20-7-8-22-52(50)58(53)38-44/h1-38H. The lowest BCUT2D eigenvalue weighted by atomic mass is 9.80. The van der Waals surface area contributed by atoms with Crippen molar-refractivity contribution in [2.24, 2.45) is 0 Å². The lowest BCUT2D eigenvalue weighted by Crippen LogP contribution is -1.97. The van der Waals surface area contributed by atoms with Crippen LogP contribution in [0, 0.1) is 0 Å². The van der Waals surface area contributed by atoms with Gasteiger partial charge in [-0.05, 0) is 127 Å². The van der Waals surface area contributed by atoms with Crippen LogP contribution in [-0.4, -0.2) is 0 Å². The summed E-state index contributed by atoms with van der Waals surface area (Å²) in [5.74, 6) is 0. The van der Waals surface area contributed by atoms with Crippen LogP contribution in [0.25, 0.3) is 121 Å². The quantitative estimate of drug-likeness (QED) is 0.157. The molecular formula is C60H38. The molecule has 1 aliphatic rings. The number of benzene rings is 11. The van der Waals surface area contributed by atoms with Crippen LogP contribution in [0.4, 0.5) is 0 Å². The number of fused-ring (bicyclic) bond motifs is 11. The molecule has 0 saturated carbocycles. The molecule has 60 heavy (non-hydrogen) atoms. The molecule has 0 nitrogen and oxygen atoms in total. The first-order chi connectivity index (χ1) is 29.8. The Kier molecular flexibility index (Phi) is 7.96. The predicted molar refractivity (Wildman–Crippen MR) is 256 cm³/mol. The third-order valence-electron chi connectivity index (χ3n) is 12.7. The van der Waals surface area contributed by atoms with E-state index in [4.69, 9.17) is 0 Å². The minimum absolute atomic E-state index is 1.20. The molecule has 11 aromatic carbocycles. The molecule has 0 radical (unpaired) electrons. The van der Waals surface area contributed by atoms with Crippen molar-refractivity contribution in [3.05, 3.63) is 231 Å². The Bertz CT molecular complexity index is 3390. The molecule has 278 valence electrons. The Morgan fingerprint density at radius 2 is 0.483 bits per heavy atom. The van der Waals surface area contributed by atoms with Crippen molar-refractivity contribution in [1.29, 1.82) is 0 Å². The third-order valence-corrected chi connectivity index (χ3v) is 12.7. The lowest BCUT2D eigenvalue weighted by molar-refractivity contribution is 1.51. The minimum Gasteiger partial charge on any atom is -0.0616 e. The van der Waals surface area contributed by atoms with Crippen LogP contribution >= 0.6 is 0 Å². The average molecular weight is 759 g/mol. The van der Waals surface area contributed by atoms with Gasteiger partial charge >= 0.3 is 0 Å². The Morgan fingerprint density at radius 3 is 0.967 bits per heavy atom. The number of hydrogen-bond acceptors (Lipinski definition) is 0. The second-order valence-corrected chi connectivity index (χ2v) is 15.9. The molecule has 0 amide bonds. The fraction of sp³-hybridized carbons (Fsp3) is 0. The summed E-state index contributed by atoms with van der Waals surface area (Å²) in [5, 5.41) is 7.57. The van der Waals surface area contributed by atoms with E-state index in [-0.39, 0.29) is 0 Å². The smallest absolute Gasteiger partial charge is 0.00264 e. The number of rotatable bonds is 4. The van der Waals surface area contributed by atoms with E-state index in [1.807, 2.05) is 0 Å². The molecule has 12 rings (SSSR count). The van der Waals surface area contributed by atoms with Crippen molar-refractivity contribution in [3.63, 3.8) is 0 Å². The van der Waals surface area contributed by atoms with Crippen LogP contribution in [0.15, 0.2) is 231 Å². The molecule has 0 spiro atoms. The Balaban J connectivity index is 0.969. The van der Waals surface area contributed by atoms with Crippen LogP contribution in [0.5, 0.6) is 0 Å². The summed E-state index contributed by atoms with van der Waals surface area (Å²) < 4.78 is 0. The van der Waals surface area contributed by atoms with E-state index in [1.165, 1.54) is 121 Å². The summed E-state index contributed by atoms with van der Waals surface area (Å²) in [7, 11) is 0. The molecular weight excluding hydrogens is 721 g/mol. The average Bonchev–Trinajstić information content (AvgIpc) is 3.32. The van der Waals surface area contributed by atoms with Gasteiger partial charge in [-0.2, -0.15) is 0 Å². The van der Waals surface area contributed by atoms with Gasteiger partial charge in [0.1, 0.15) is 0 Å². The molecule has 0 heterocycles. The summed E-state index contributed by atoms with van der Waals surface area (Å²) in [5.41, 5.74) is 20.0. The Labute approximate surface area is 350 Å². The van der Waals surface area contributed by atoms with Crippen molar-refractivity contribution >= 4 is 32.3 Å². The zero-order valence-electron chi connectivity index (χ0n) is 32.9. The summed E-state index contributed by atoms with van der Waals surface area (Å²) in [6.07, 6.45) is 0. The van der Waals surface area contributed by atoms with Gasteiger partial charge in [0.25, 0.3) is 0 Å². The van der Waals surface area contributed by atoms with E-state index in [2.05, 4.69) is 231 Å². The normalized spacial score (nSPS) is 11.7. The summed E-state index contributed by atoms with van der Waals surface area (Å²) in [6.45, 7) is 0. The molecule has 0 atom stereocenters. The second kappa shape index (κ2) is 13.9.